The summed E-state index contributed by atoms with van der Waals surface area (Å²) in [6, 6.07) is 64.2. The van der Waals surface area contributed by atoms with Crippen molar-refractivity contribution in [3.8, 4) is 39.1 Å². The lowest BCUT2D eigenvalue weighted by Gasteiger charge is -2.17. The van der Waals surface area contributed by atoms with Crippen LogP contribution in [0, 0.1) is 0 Å². The van der Waals surface area contributed by atoms with E-state index in [2.05, 4.69) is 180 Å². The first-order chi connectivity index (χ1) is 23.8. The molecule has 0 N–H and O–H groups in total. The van der Waals surface area contributed by atoms with Crippen LogP contribution in [0.5, 0.6) is 0 Å². The molecule has 0 saturated carbocycles. The third-order valence-corrected chi connectivity index (χ3v) is 11.0. The molecule has 2 heteroatoms. The topological polar surface area (TPSA) is 4.93 Å². The molecule has 0 aliphatic rings. The zero-order chi connectivity index (χ0) is 31.6. The Morgan fingerprint density at radius 3 is 1.71 bits per heavy atom. The Hall–Kier alpha value is -5.96. The zero-order valence-corrected chi connectivity index (χ0v) is 26.9. The molecule has 0 aliphatic carbocycles. The summed E-state index contributed by atoms with van der Waals surface area (Å²) in [4.78, 5) is 0. The van der Waals surface area contributed by atoms with Crippen LogP contribution in [0.25, 0.3) is 91.8 Å². The van der Waals surface area contributed by atoms with Crippen molar-refractivity contribution in [3.05, 3.63) is 176 Å². The van der Waals surface area contributed by atoms with Crippen molar-refractivity contribution in [2.75, 3.05) is 0 Å². The second kappa shape index (κ2) is 10.8. The summed E-state index contributed by atoms with van der Waals surface area (Å²) >= 11 is 1.91. The second-order valence-electron chi connectivity index (χ2n) is 12.5. The van der Waals surface area contributed by atoms with Gasteiger partial charge in [0, 0.05) is 42.2 Å². The van der Waals surface area contributed by atoms with Crippen molar-refractivity contribution in [2.24, 2.45) is 0 Å². The average molecular weight is 628 g/mol. The summed E-state index contributed by atoms with van der Waals surface area (Å²) in [5, 5.41) is 7.82. The van der Waals surface area contributed by atoms with E-state index in [1.54, 1.807) is 0 Å². The number of thiophene rings is 1. The molecule has 0 unspecified atom stereocenters. The molecule has 10 aromatic rings. The van der Waals surface area contributed by atoms with Crippen molar-refractivity contribution in [1.29, 1.82) is 0 Å². The molecule has 48 heavy (non-hydrogen) atoms. The van der Waals surface area contributed by atoms with E-state index in [-0.39, 0.29) is 0 Å². The highest BCUT2D eigenvalue weighted by Gasteiger charge is 2.21. The summed E-state index contributed by atoms with van der Waals surface area (Å²) in [5.74, 6) is 0. The first kappa shape index (κ1) is 27.2. The Bertz CT molecular complexity index is 2800. The van der Waals surface area contributed by atoms with E-state index >= 15 is 0 Å². The first-order valence-electron chi connectivity index (χ1n) is 16.4. The fraction of sp³-hybridized carbons (Fsp3) is 0. The molecule has 0 radical (unpaired) electrons. The molecule has 0 aliphatic heterocycles. The van der Waals surface area contributed by atoms with E-state index in [0.717, 1.165) is 0 Å². The van der Waals surface area contributed by atoms with Gasteiger partial charge in [-0.2, -0.15) is 0 Å². The van der Waals surface area contributed by atoms with E-state index in [1.807, 2.05) is 11.3 Å². The maximum Gasteiger partial charge on any atom is 0.0541 e. The van der Waals surface area contributed by atoms with E-state index in [4.69, 9.17) is 0 Å². The van der Waals surface area contributed by atoms with Gasteiger partial charge in [0.05, 0.1) is 11.0 Å². The molecule has 0 amide bonds. The van der Waals surface area contributed by atoms with Crippen LogP contribution in [0.15, 0.2) is 176 Å². The third kappa shape index (κ3) is 4.10. The predicted octanol–water partition coefficient (Wildman–Crippen LogP) is 13.3. The third-order valence-electron chi connectivity index (χ3n) is 9.79. The van der Waals surface area contributed by atoms with Gasteiger partial charge >= 0.3 is 0 Å². The van der Waals surface area contributed by atoms with Crippen LogP contribution >= 0.6 is 11.3 Å². The Balaban J connectivity index is 1.18. The molecule has 2 heterocycles. The van der Waals surface area contributed by atoms with Crippen LogP contribution in [-0.4, -0.2) is 4.57 Å². The molecule has 1 nitrogen and oxygen atoms in total. The highest BCUT2D eigenvalue weighted by molar-refractivity contribution is 7.26. The highest BCUT2D eigenvalue weighted by Crippen LogP contribution is 2.50. The molecule has 0 atom stereocenters. The van der Waals surface area contributed by atoms with Crippen LogP contribution in [-0.2, 0) is 0 Å². The van der Waals surface area contributed by atoms with Gasteiger partial charge in [0.15, 0.2) is 0 Å². The van der Waals surface area contributed by atoms with Crippen molar-refractivity contribution in [2.45, 2.75) is 0 Å². The number of nitrogens with zero attached hydrogens (tertiary/aromatic N) is 1. The van der Waals surface area contributed by atoms with Gasteiger partial charge in [-0.15, -0.1) is 11.3 Å². The smallest absolute Gasteiger partial charge is 0.0541 e. The normalized spacial score (nSPS) is 11.8. The number of para-hydroxylation sites is 2. The van der Waals surface area contributed by atoms with Gasteiger partial charge in [0.2, 0.25) is 0 Å². The minimum atomic E-state index is 1.18. The van der Waals surface area contributed by atoms with Crippen LogP contribution in [0.4, 0.5) is 0 Å². The molecule has 10 rings (SSSR count). The lowest BCUT2D eigenvalue weighted by molar-refractivity contribution is 1.18. The number of fused-ring (bicyclic) bond motifs is 8. The standard InChI is InChI=1S/C46H29NS/c1-3-13-31(14-4-1)44-43(36-18-7-8-19-37(36)45-38-20-10-12-22-42(38)48-46(44)45)32-25-23-30(24-26-32)33-27-28-41-39(29-33)35-17-9-11-21-40(35)47(41)34-15-5-2-6-16-34/h1-29H. The fourth-order valence-electron chi connectivity index (χ4n) is 7.67. The highest BCUT2D eigenvalue weighted by atomic mass is 32.1. The van der Waals surface area contributed by atoms with E-state index < -0.39 is 0 Å². The summed E-state index contributed by atoms with van der Waals surface area (Å²) in [6.45, 7) is 0. The first-order valence-corrected chi connectivity index (χ1v) is 17.3. The Kier molecular flexibility index (Phi) is 6.12. The van der Waals surface area contributed by atoms with Crippen molar-refractivity contribution in [3.63, 3.8) is 0 Å². The minimum absolute atomic E-state index is 1.18. The summed E-state index contributed by atoms with van der Waals surface area (Å²) in [6.07, 6.45) is 0. The fourth-order valence-corrected chi connectivity index (χ4v) is 8.96. The molecule has 0 spiro atoms. The van der Waals surface area contributed by atoms with Crippen LogP contribution in [0.1, 0.15) is 0 Å². The van der Waals surface area contributed by atoms with Crippen molar-refractivity contribution in [1.82, 2.24) is 4.57 Å². The number of hydrogen-bond donors (Lipinski definition) is 0. The summed E-state index contributed by atoms with van der Waals surface area (Å²) < 4.78 is 5.05. The molecule has 0 bridgehead atoms. The van der Waals surface area contributed by atoms with Crippen molar-refractivity contribution < 1.29 is 0 Å². The molecule has 2 aromatic heterocycles. The molecule has 224 valence electrons. The molecule has 0 saturated heterocycles. The van der Waals surface area contributed by atoms with Gasteiger partial charge in [0.1, 0.15) is 0 Å². The Labute approximate surface area is 282 Å². The molecular weight excluding hydrogens is 599 g/mol. The van der Waals surface area contributed by atoms with Crippen LogP contribution in [0.3, 0.4) is 0 Å². The zero-order valence-electron chi connectivity index (χ0n) is 26.1. The van der Waals surface area contributed by atoms with E-state index in [0.29, 0.717) is 0 Å². The summed E-state index contributed by atoms with van der Waals surface area (Å²) in [5.41, 5.74) is 11.1. The number of benzene rings is 8. The maximum atomic E-state index is 2.37. The predicted molar refractivity (Wildman–Crippen MR) is 207 cm³/mol. The average Bonchev–Trinajstić information content (AvgIpc) is 3.71. The van der Waals surface area contributed by atoms with Gasteiger partial charge in [0.25, 0.3) is 0 Å². The maximum absolute atomic E-state index is 2.37. The molecule has 0 fully saturated rings. The van der Waals surface area contributed by atoms with Gasteiger partial charge in [-0.3, -0.25) is 0 Å². The monoisotopic (exact) mass is 627 g/mol. The quantitative estimate of drug-likeness (QED) is 0.183. The minimum Gasteiger partial charge on any atom is -0.309 e. The lowest BCUT2D eigenvalue weighted by atomic mass is 9.87. The Morgan fingerprint density at radius 2 is 0.917 bits per heavy atom. The molecule has 8 aromatic carbocycles. The number of aromatic nitrogens is 1. The second-order valence-corrected chi connectivity index (χ2v) is 13.5. The van der Waals surface area contributed by atoms with Gasteiger partial charge in [-0.1, -0.05) is 140 Å². The van der Waals surface area contributed by atoms with Gasteiger partial charge < -0.3 is 4.57 Å². The van der Waals surface area contributed by atoms with E-state index in [1.165, 1.54) is 91.8 Å². The van der Waals surface area contributed by atoms with Gasteiger partial charge in [-0.05, 0) is 75.0 Å². The SMILES string of the molecule is c1ccc(-c2c(-c3ccc(-c4ccc5c(c4)c4ccccc4n5-c4ccccc4)cc3)c3ccccc3c3c2sc2ccccc23)cc1. The number of rotatable bonds is 4. The molecular formula is C46H29NS. The van der Waals surface area contributed by atoms with Crippen LogP contribution in [0.2, 0.25) is 0 Å². The summed E-state index contributed by atoms with van der Waals surface area (Å²) in [7, 11) is 0. The Morgan fingerprint density at radius 1 is 0.354 bits per heavy atom. The van der Waals surface area contributed by atoms with Crippen molar-refractivity contribution >= 4 is 64.1 Å². The largest absolute Gasteiger partial charge is 0.309 e. The van der Waals surface area contributed by atoms with Gasteiger partial charge in [-0.25, -0.2) is 0 Å². The lowest BCUT2D eigenvalue weighted by Crippen LogP contribution is -1.92. The number of hydrogen-bond acceptors (Lipinski definition) is 1. The van der Waals surface area contributed by atoms with Crippen LogP contribution < -0.4 is 0 Å². The van der Waals surface area contributed by atoms with E-state index in [9.17, 15) is 0 Å².